The summed E-state index contributed by atoms with van der Waals surface area (Å²) in [4.78, 5) is 4.73. The molecule has 4 aromatic rings. The monoisotopic (exact) mass is 470 g/mol. The van der Waals surface area contributed by atoms with Crippen LogP contribution in [-0.4, -0.2) is 19.7 Å². The Morgan fingerprint density at radius 1 is 1.13 bits per heavy atom. The molecule has 0 radical (unpaired) electrons. The summed E-state index contributed by atoms with van der Waals surface area (Å²) in [5.41, 5.74) is 3.25. The van der Waals surface area contributed by atoms with Crippen LogP contribution in [0.25, 0.3) is 10.6 Å². The van der Waals surface area contributed by atoms with Gasteiger partial charge in [-0.15, -0.1) is 21.5 Å². The minimum Gasteiger partial charge on any atom is -0.483 e. The van der Waals surface area contributed by atoms with Crippen LogP contribution in [0, 0.1) is 0 Å². The van der Waals surface area contributed by atoms with Crippen molar-refractivity contribution in [3.05, 3.63) is 76.0 Å². The van der Waals surface area contributed by atoms with Crippen molar-refractivity contribution in [2.45, 2.75) is 37.3 Å². The molecule has 0 aliphatic carbocycles. The molecule has 0 fully saturated rings. The van der Waals surface area contributed by atoms with Gasteiger partial charge in [0.25, 0.3) is 0 Å². The smallest absolute Gasteiger partial charge is 0.191 e. The van der Waals surface area contributed by atoms with Gasteiger partial charge < -0.3 is 9.30 Å². The van der Waals surface area contributed by atoms with Crippen LogP contribution < -0.4 is 4.74 Å². The number of thioether (sulfide) groups is 1. The Kier molecular flexibility index (Phi) is 6.95. The zero-order valence-corrected chi connectivity index (χ0v) is 20.0. The summed E-state index contributed by atoms with van der Waals surface area (Å²) in [7, 11) is 1.97. The molecule has 1 unspecified atom stereocenters. The van der Waals surface area contributed by atoms with Gasteiger partial charge in [0, 0.05) is 23.7 Å². The fraction of sp³-hybridized carbons (Fsp3) is 0.261. The van der Waals surface area contributed by atoms with Gasteiger partial charge in [-0.3, -0.25) is 0 Å². The molecule has 0 N–H and O–H groups in total. The SMILES string of the molecule is CCc1ccc(OC(C)c2nnc(SCc3csc(-c4ccccc4Cl)n3)n2C)cc1. The predicted molar refractivity (Wildman–Crippen MR) is 128 cm³/mol. The molecule has 8 heteroatoms. The van der Waals surface area contributed by atoms with Crippen LogP contribution in [0.3, 0.4) is 0 Å². The Labute approximate surface area is 195 Å². The van der Waals surface area contributed by atoms with Gasteiger partial charge in [-0.05, 0) is 37.1 Å². The molecule has 31 heavy (non-hydrogen) atoms. The quantitative estimate of drug-likeness (QED) is 0.272. The van der Waals surface area contributed by atoms with Crippen molar-refractivity contribution in [1.29, 1.82) is 0 Å². The lowest BCUT2D eigenvalue weighted by molar-refractivity contribution is 0.211. The molecule has 2 aromatic heterocycles. The molecule has 1 atom stereocenters. The van der Waals surface area contributed by atoms with Gasteiger partial charge in [0.15, 0.2) is 17.1 Å². The van der Waals surface area contributed by atoms with Crippen LogP contribution in [0.1, 0.15) is 37.0 Å². The van der Waals surface area contributed by atoms with E-state index in [1.54, 1.807) is 23.1 Å². The highest BCUT2D eigenvalue weighted by molar-refractivity contribution is 7.98. The minimum absolute atomic E-state index is 0.203. The highest BCUT2D eigenvalue weighted by Crippen LogP contribution is 2.32. The van der Waals surface area contributed by atoms with Crippen molar-refractivity contribution in [1.82, 2.24) is 19.7 Å². The molecule has 0 aliphatic rings. The molecule has 2 aromatic carbocycles. The van der Waals surface area contributed by atoms with E-state index >= 15 is 0 Å². The number of ether oxygens (including phenoxy) is 1. The van der Waals surface area contributed by atoms with E-state index in [2.05, 4.69) is 34.6 Å². The van der Waals surface area contributed by atoms with E-state index in [4.69, 9.17) is 21.3 Å². The van der Waals surface area contributed by atoms with E-state index in [1.807, 2.05) is 54.9 Å². The molecule has 0 spiro atoms. The molecule has 0 aliphatic heterocycles. The average molecular weight is 471 g/mol. The molecule has 2 heterocycles. The predicted octanol–water partition coefficient (Wildman–Crippen LogP) is 6.59. The van der Waals surface area contributed by atoms with E-state index in [1.165, 1.54) is 5.56 Å². The zero-order chi connectivity index (χ0) is 21.8. The zero-order valence-electron chi connectivity index (χ0n) is 17.6. The Morgan fingerprint density at radius 2 is 1.90 bits per heavy atom. The lowest BCUT2D eigenvalue weighted by Crippen LogP contribution is -2.10. The van der Waals surface area contributed by atoms with Crippen molar-refractivity contribution in [3.63, 3.8) is 0 Å². The van der Waals surface area contributed by atoms with Crippen LogP contribution in [0.5, 0.6) is 5.75 Å². The summed E-state index contributed by atoms with van der Waals surface area (Å²) in [6.07, 6.45) is 0.809. The Morgan fingerprint density at radius 3 is 2.65 bits per heavy atom. The molecular formula is C23H23ClN4OS2. The first kappa shape index (κ1) is 21.9. The second-order valence-corrected chi connectivity index (χ2v) is 9.28. The second kappa shape index (κ2) is 9.85. The van der Waals surface area contributed by atoms with E-state index in [0.29, 0.717) is 10.8 Å². The topological polar surface area (TPSA) is 52.8 Å². The molecule has 0 bridgehead atoms. The molecule has 160 valence electrons. The normalized spacial score (nSPS) is 12.1. The Balaban J connectivity index is 1.40. The van der Waals surface area contributed by atoms with Crippen LogP contribution in [-0.2, 0) is 19.2 Å². The molecule has 0 saturated carbocycles. The van der Waals surface area contributed by atoms with Crippen molar-refractivity contribution >= 4 is 34.7 Å². The van der Waals surface area contributed by atoms with Crippen LogP contribution in [0.2, 0.25) is 5.02 Å². The van der Waals surface area contributed by atoms with Crippen LogP contribution >= 0.6 is 34.7 Å². The van der Waals surface area contributed by atoms with E-state index in [9.17, 15) is 0 Å². The summed E-state index contributed by atoms with van der Waals surface area (Å²) < 4.78 is 8.05. The van der Waals surface area contributed by atoms with Gasteiger partial charge >= 0.3 is 0 Å². The second-order valence-electron chi connectivity index (χ2n) is 7.07. The molecule has 4 rings (SSSR count). The largest absolute Gasteiger partial charge is 0.483 e. The first-order valence-corrected chi connectivity index (χ1v) is 12.3. The summed E-state index contributed by atoms with van der Waals surface area (Å²) >= 11 is 9.50. The maximum atomic E-state index is 6.30. The van der Waals surface area contributed by atoms with Gasteiger partial charge in [-0.2, -0.15) is 0 Å². The summed E-state index contributed by atoms with van der Waals surface area (Å²) in [5, 5.41) is 13.2. The van der Waals surface area contributed by atoms with Crippen LogP contribution in [0.4, 0.5) is 0 Å². The van der Waals surface area contributed by atoms with Gasteiger partial charge in [0.1, 0.15) is 10.8 Å². The third kappa shape index (κ3) is 5.11. The lowest BCUT2D eigenvalue weighted by atomic mass is 10.2. The van der Waals surface area contributed by atoms with Crippen molar-refractivity contribution in [3.8, 4) is 16.3 Å². The number of halogens is 1. The van der Waals surface area contributed by atoms with Crippen molar-refractivity contribution < 1.29 is 4.74 Å². The summed E-state index contributed by atoms with van der Waals surface area (Å²) in [6, 6.07) is 15.9. The number of hydrogen-bond donors (Lipinski definition) is 0. The van der Waals surface area contributed by atoms with Crippen molar-refractivity contribution in [2.75, 3.05) is 0 Å². The Bertz CT molecular complexity index is 1160. The lowest BCUT2D eigenvalue weighted by Gasteiger charge is -2.14. The molecule has 0 saturated heterocycles. The number of hydrogen-bond acceptors (Lipinski definition) is 6. The number of benzene rings is 2. The Hall–Kier alpha value is -2.35. The first-order valence-electron chi connectivity index (χ1n) is 10.0. The highest BCUT2D eigenvalue weighted by atomic mass is 35.5. The van der Waals surface area contributed by atoms with Crippen LogP contribution in [0.15, 0.2) is 59.1 Å². The number of thiazole rings is 1. The van der Waals surface area contributed by atoms with Crippen molar-refractivity contribution in [2.24, 2.45) is 7.05 Å². The van der Waals surface area contributed by atoms with E-state index in [0.717, 1.165) is 39.4 Å². The van der Waals surface area contributed by atoms with Gasteiger partial charge in [-0.25, -0.2) is 4.98 Å². The summed E-state index contributed by atoms with van der Waals surface area (Å²) in [6.45, 7) is 4.13. The maximum Gasteiger partial charge on any atom is 0.191 e. The first-order chi connectivity index (χ1) is 15.0. The number of nitrogens with zero attached hydrogens (tertiary/aromatic N) is 4. The number of rotatable bonds is 8. The third-order valence-electron chi connectivity index (χ3n) is 4.88. The highest BCUT2D eigenvalue weighted by Gasteiger charge is 2.18. The number of aryl methyl sites for hydroxylation is 1. The molecule has 0 amide bonds. The number of aromatic nitrogens is 4. The van der Waals surface area contributed by atoms with Gasteiger partial charge in [0.05, 0.1) is 10.7 Å². The fourth-order valence-corrected chi connectivity index (χ4v) is 5.19. The summed E-state index contributed by atoms with van der Waals surface area (Å²) in [5.74, 6) is 2.33. The molecule has 5 nitrogen and oxygen atoms in total. The standard InChI is InChI=1S/C23H23ClN4OS2/c1-4-16-9-11-18(12-10-16)29-15(2)21-26-27-23(28(21)3)31-14-17-13-30-22(25-17)19-7-5-6-8-20(19)24/h5-13,15H,4,14H2,1-3H3. The maximum absolute atomic E-state index is 6.30. The van der Waals surface area contributed by atoms with E-state index < -0.39 is 0 Å². The average Bonchev–Trinajstić information content (AvgIpc) is 3.40. The third-order valence-corrected chi connectivity index (χ3v) is 7.19. The fourth-order valence-electron chi connectivity index (χ4n) is 3.14. The van der Waals surface area contributed by atoms with Gasteiger partial charge in [0.2, 0.25) is 0 Å². The minimum atomic E-state index is -0.203. The van der Waals surface area contributed by atoms with Gasteiger partial charge in [-0.1, -0.05) is 60.6 Å². The van der Waals surface area contributed by atoms with E-state index in [-0.39, 0.29) is 6.10 Å². The molecular weight excluding hydrogens is 448 g/mol.